The lowest BCUT2D eigenvalue weighted by molar-refractivity contribution is 0.0297. The fraction of sp³-hybridized carbons (Fsp3) is 0.435. The van der Waals surface area contributed by atoms with Crippen LogP contribution >= 0.6 is 11.3 Å². The van der Waals surface area contributed by atoms with Crippen molar-refractivity contribution in [2.24, 2.45) is 0 Å². The summed E-state index contributed by atoms with van der Waals surface area (Å²) in [5, 5.41) is 5.76. The number of methoxy groups -OCH3 is 2. The average Bonchev–Trinajstić information content (AvgIpc) is 3.59. The number of Topliss-reactive ketones (excluding diaryl/α,β-unsaturated/α-hetero) is 1. The lowest BCUT2D eigenvalue weighted by atomic mass is 9.93. The van der Waals surface area contributed by atoms with Gasteiger partial charge in [-0.2, -0.15) is 0 Å². The third-order valence-corrected chi connectivity index (χ3v) is 12.6. The van der Waals surface area contributed by atoms with Crippen LogP contribution in [0.25, 0.3) is 0 Å². The van der Waals surface area contributed by atoms with E-state index in [-0.39, 0.29) is 41.4 Å². The highest BCUT2D eigenvalue weighted by Crippen LogP contribution is 2.36. The first-order valence-corrected chi connectivity index (χ1v) is 21.2. The van der Waals surface area contributed by atoms with Gasteiger partial charge in [-0.25, -0.2) is 18.4 Å². The van der Waals surface area contributed by atoms with E-state index in [2.05, 4.69) is 29.4 Å². The number of halogens is 2. The zero-order valence-electron chi connectivity index (χ0n) is 34.4. The van der Waals surface area contributed by atoms with Crippen molar-refractivity contribution in [2.45, 2.75) is 83.7 Å². The number of esters is 1. The Morgan fingerprint density at radius 1 is 0.864 bits per heavy atom. The molecule has 0 radical (unpaired) electrons. The Hall–Kier alpha value is -4.98. The number of carbonyl (C=O) groups excluding carboxylic acids is 4. The SMILES string of the molecule is COCCCCNC(=O)N1CCN(Cc2cccc(C(=O)Cc3sc4c(c3C(=O)Nc3cc(F)c(CCc5ccc(C(=O)OC)cc5)c(F)c3)CCCC4)c2)C(C)(C)C1. The molecule has 59 heavy (non-hydrogen) atoms. The number of benzene rings is 3. The maximum Gasteiger partial charge on any atom is 0.337 e. The number of carbonyl (C=O) groups is 4. The highest BCUT2D eigenvalue weighted by Gasteiger charge is 2.35. The van der Waals surface area contributed by atoms with Crippen LogP contribution in [0, 0.1) is 11.6 Å². The van der Waals surface area contributed by atoms with Gasteiger partial charge in [0, 0.05) is 85.0 Å². The Balaban J connectivity index is 1.10. The van der Waals surface area contributed by atoms with Gasteiger partial charge in [0.2, 0.25) is 0 Å². The molecular formula is C46H54F2N4O6S. The van der Waals surface area contributed by atoms with E-state index in [0.717, 1.165) is 65.8 Å². The van der Waals surface area contributed by atoms with Gasteiger partial charge in [0.15, 0.2) is 5.78 Å². The van der Waals surface area contributed by atoms with E-state index in [1.165, 1.54) is 18.4 Å². The van der Waals surface area contributed by atoms with E-state index in [9.17, 15) is 19.2 Å². The largest absolute Gasteiger partial charge is 0.465 e. The Bertz CT molecular complexity index is 2130. The Morgan fingerprint density at radius 3 is 2.32 bits per heavy atom. The number of amides is 3. The number of hydrogen-bond acceptors (Lipinski definition) is 8. The molecule has 0 bridgehead atoms. The molecule has 1 saturated heterocycles. The summed E-state index contributed by atoms with van der Waals surface area (Å²) in [6.45, 7) is 8.00. The van der Waals surface area contributed by atoms with E-state index < -0.39 is 23.5 Å². The maximum atomic E-state index is 15.4. The Labute approximate surface area is 349 Å². The molecule has 10 nitrogen and oxygen atoms in total. The van der Waals surface area contributed by atoms with Gasteiger partial charge >= 0.3 is 12.0 Å². The van der Waals surface area contributed by atoms with Crippen molar-refractivity contribution < 1.29 is 37.4 Å². The number of piperazine rings is 1. The van der Waals surface area contributed by atoms with Crippen molar-refractivity contribution in [3.63, 3.8) is 0 Å². The third kappa shape index (κ3) is 11.0. The predicted molar refractivity (Wildman–Crippen MR) is 226 cm³/mol. The zero-order valence-corrected chi connectivity index (χ0v) is 35.2. The highest BCUT2D eigenvalue weighted by molar-refractivity contribution is 7.12. The molecule has 1 aliphatic carbocycles. The van der Waals surface area contributed by atoms with E-state index in [1.54, 1.807) is 37.4 Å². The van der Waals surface area contributed by atoms with Crippen LogP contribution in [0.2, 0.25) is 0 Å². The summed E-state index contributed by atoms with van der Waals surface area (Å²) in [5.41, 5.74) is 3.65. The standard InChI is InChI=1S/C46H54F2N4O6S/c1-46(2)29-51(45(56)49-20-7-8-23-57-3)21-22-52(46)28-31-10-9-11-33(24-31)39(53)27-41-42(36-12-5-6-13-40(36)59-41)43(54)50-34-25-37(47)35(38(48)26-34)19-16-30-14-17-32(18-15-30)44(55)58-4/h9-11,14-15,17-18,24-26H,5-8,12-13,16,19-23,27-29H2,1-4H3,(H,49,56)(H,50,54). The second kappa shape index (κ2) is 19.8. The van der Waals surface area contributed by atoms with Gasteiger partial charge in [0.05, 0.1) is 18.2 Å². The summed E-state index contributed by atoms with van der Waals surface area (Å²) in [5.74, 6) is -2.61. The number of thiophene rings is 1. The molecule has 3 aromatic carbocycles. The third-order valence-electron chi connectivity index (χ3n) is 11.3. The minimum Gasteiger partial charge on any atom is -0.465 e. The number of nitrogens with zero attached hydrogens (tertiary/aromatic N) is 2. The van der Waals surface area contributed by atoms with Crippen LogP contribution in [0.15, 0.2) is 60.7 Å². The van der Waals surface area contributed by atoms with E-state index in [0.29, 0.717) is 73.7 Å². The van der Waals surface area contributed by atoms with Crippen molar-refractivity contribution in [1.82, 2.24) is 15.1 Å². The number of anilines is 1. The number of urea groups is 1. The Morgan fingerprint density at radius 2 is 1.61 bits per heavy atom. The summed E-state index contributed by atoms with van der Waals surface area (Å²) in [4.78, 5) is 58.4. The molecule has 2 heterocycles. The minimum absolute atomic E-state index is 0.000694. The summed E-state index contributed by atoms with van der Waals surface area (Å²) in [6, 6.07) is 16.5. The molecule has 2 aliphatic rings. The molecular weight excluding hydrogens is 775 g/mol. The molecule has 2 N–H and O–H groups in total. The molecule has 3 amide bonds. The van der Waals surface area contributed by atoms with Crippen molar-refractivity contribution in [3.05, 3.63) is 121 Å². The molecule has 13 heteroatoms. The van der Waals surface area contributed by atoms with Crippen LogP contribution < -0.4 is 10.6 Å². The van der Waals surface area contributed by atoms with Gasteiger partial charge in [-0.05, 0) is 112 Å². The first kappa shape index (κ1) is 43.6. The zero-order chi connectivity index (χ0) is 42.1. The summed E-state index contributed by atoms with van der Waals surface area (Å²) in [7, 11) is 2.97. The van der Waals surface area contributed by atoms with Crippen LogP contribution in [0.4, 0.5) is 19.3 Å². The van der Waals surface area contributed by atoms with Crippen LogP contribution in [0.5, 0.6) is 0 Å². The van der Waals surface area contributed by atoms with Gasteiger partial charge in [0.25, 0.3) is 5.91 Å². The van der Waals surface area contributed by atoms with Crippen molar-refractivity contribution in [2.75, 3.05) is 52.3 Å². The van der Waals surface area contributed by atoms with Crippen LogP contribution in [0.3, 0.4) is 0 Å². The molecule has 1 aliphatic heterocycles. The fourth-order valence-electron chi connectivity index (χ4n) is 7.96. The monoisotopic (exact) mass is 828 g/mol. The Kier molecular flexibility index (Phi) is 14.7. The predicted octanol–water partition coefficient (Wildman–Crippen LogP) is 8.19. The first-order valence-electron chi connectivity index (χ1n) is 20.4. The molecule has 0 saturated carbocycles. The number of hydrogen-bond donors (Lipinski definition) is 2. The maximum absolute atomic E-state index is 15.4. The van der Waals surface area contributed by atoms with E-state index in [1.807, 2.05) is 23.1 Å². The van der Waals surface area contributed by atoms with Gasteiger partial charge < -0.3 is 25.0 Å². The molecule has 0 unspecified atom stereocenters. The fourth-order valence-corrected chi connectivity index (χ4v) is 9.35. The summed E-state index contributed by atoms with van der Waals surface area (Å²) in [6.07, 6.45) is 5.61. The van der Waals surface area contributed by atoms with Crippen molar-refractivity contribution in [1.29, 1.82) is 0 Å². The van der Waals surface area contributed by atoms with Crippen LogP contribution in [-0.2, 0) is 48.1 Å². The lowest BCUT2D eigenvalue weighted by Gasteiger charge is -2.47. The normalized spacial score (nSPS) is 15.1. The van der Waals surface area contributed by atoms with Crippen LogP contribution in [0.1, 0.15) is 103 Å². The number of rotatable bonds is 16. The smallest absolute Gasteiger partial charge is 0.337 e. The van der Waals surface area contributed by atoms with Crippen LogP contribution in [-0.4, -0.2) is 86.0 Å². The van der Waals surface area contributed by atoms with Gasteiger partial charge in [-0.15, -0.1) is 11.3 Å². The molecule has 0 spiro atoms. The van der Waals surface area contributed by atoms with Gasteiger partial charge in [-0.3, -0.25) is 14.5 Å². The van der Waals surface area contributed by atoms with Gasteiger partial charge in [0.1, 0.15) is 11.6 Å². The second-order valence-corrected chi connectivity index (χ2v) is 17.1. The average molecular weight is 829 g/mol. The summed E-state index contributed by atoms with van der Waals surface area (Å²) >= 11 is 1.48. The van der Waals surface area contributed by atoms with Crippen molar-refractivity contribution in [3.8, 4) is 0 Å². The van der Waals surface area contributed by atoms with Gasteiger partial charge in [-0.1, -0.05) is 30.3 Å². The number of nitrogens with one attached hydrogen (secondary N) is 2. The van der Waals surface area contributed by atoms with E-state index in [4.69, 9.17) is 9.47 Å². The molecule has 0 atom stereocenters. The van der Waals surface area contributed by atoms with Crippen molar-refractivity contribution >= 4 is 40.7 Å². The second-order valence-electron chi connectivity index (χ2n) is 16.0. The molecule has 4 aromatic rings. The highest BCUT2D eigenvalue weighted by atomic mass is 32.1. The molecule has 314 valence electrons. The number of fused-ring (bicyclic) bond motifs is 1. The number of ether oxygens (including phenoxy) is 2. The molecule has 1 aromatic heterocycles. The molecule has 1 fully saturated rings. The topological polar surface area (TPSA) is 117 Å². The van der Waals surface area contributed by atoms with E-state index >= 15 is 8.78 Å². The minimum atomic E-state index is -0.769. The number of unbranched alkanes of at least 4 members (excludes halogenated alkanes) is 1. The first-order chi connectivity index (χ1) is 28.4. The number of ketones is 1. The quantitative estimate of drug-likeness (QED) is 0.0665. The molecule has 6 rings (SSSR count). The number of aryl methyl sites for hydroxylation is 2. The summed E-state index contributed by atoms with van der Waals surface area (Å²) < 4.78 is 40.5. The lowest BCUT2D eigenvalue weighted by Crippen LogP contribution is -2.61.